The van der Waals surface area contributed by atoms with Crippen LogP contribution in [0.4, 0.5) is 11.4 Å². The lowest BCUT2D eigenvalue weighted by molar-refractivity contribution is -0.0369. The Balaban J connectivity index is 1.23. The summed E-state index contributed by atoms with van der Waals surface area (Å²) >= 11 is 0. The van der Waals surface area contributed by atoms with E-state index in [0.717, 1.165) is 85.1 Å². The largest absolute Gasteiger partial charge is 0.378 e. The van der Waals surface area contributed by atoms with Crippen LogP contribution in [0.5, 0.6) is 0 Å². The van der Waals surface area contributed by atoms with E-state index in [9.17, 15) is 0 Å². The van der Waals surface area contributed by atoms with Crippen LogP contribution in [0.15, 0.2) is 48.5 Å². The molecule has 2 aliphatic heterocycles. The molecule has 7 heteroatoms. The molecule has 270 valence electrons. The molecule has 2 heterocycles. The minimum atomic E-state index is -0.101. The molecule has 48 heavy (non-hydrogen) atoms. The molecular formula is C41H68N4O3. The highest BCUT2D eigenvalue weighted by atomic mass is 16.5. The summed E-state index contributed by atoms with van der Waals surface area (Å²) in [5.41, 5.74) is 5.22. The van der Waals surface area contributed by atoms with Crippen LogP contribution in [0.1, 0.15) is 86.8 Å². The highest BCUT2D eigenvalue weighted by molar-refractivity contribution is 5.52. The van der Waals surface area contributed by atoms with Gasteiger partial charge in [-0.3, -0.25) is 9.80 Å². The van der Waals surface area contributed by atoms with Gasteiger partial charge in [0.15, 0.2) is 0 Å². The van der Waals surface area contributed by atoms with Gasteiger partial charge in [-0.2, -0.15) is 0 Å². The average molecular weight is 665 g/mol. The summed E-state index contributed by atoms with van der Waals surface area (Å²) in [5.74, 6) is 0. The Hall–Kier alpha value is -2.16. The lowest BCUT2D eigenvalue weighted by Crippen LogP contribution is -2.47. The van der Waals surface area contributed by atoms with E-state index < -0.39 is 0 Å². The highest BCUT2D eigenvalue weighted by Crippen LogP contribution is 2.44. The maximum atomic E-state index is 5.91. The molecule has 0 bridgehead atoms. The van der Waals surface area contributed by atoms with Crippen molar-refractivity contribution in [1.29, 1.82) is 0 Å². The first-order valence-electron chi connectivity index (χ1n) is 18.6. The second kappa shape index (κ2) is 16.7. The summed E-state index contributed by atoms with van der Waals surface area (Å²) in [6, 6.07) is 18.8. The summed E-state index contributed by atoms with van der Waals surface area (Å²) in [7, 11) is 0. The van der Waals surface area contributed by atoms with Gasteiger partial charge in [0, 0.05) is 83.4 Å². The van der Waals surface area contributed by atoms with Crippen LogP contribution in [-0.4, -0.2) is 113 Å². The first-order valence-corrected chi connectivity index (χ1v) is 18.6. The first-order chi connectivity index (χ1) is 22.5. The summed E-state index contributed by atoms with van der Waals surface area (Å²) in [5, 5.41) is 0. The molecule has 0 amide bonds. The average Bonchev–Trinajstić information content (AvgIpc) is 3.04. The Morgan fingerprint density at radius 3 is 1.27 bits per heavy atom. The van der Waals surface area contributed by atoms with Crippen LogP contribution in [0.3, 0.4) is 0 Å². The molecular weight excluding hydrogens is 596 g/mol. The molecule has 2 saturated heterocycles. The number of hydrogen-bond donors (Lipinski definition) is 0. The molecule has 0 N–H and O–H groups in total. The van der Waals surface area contributed by atoms with E-state index in [1.807, 2.05) is 0 Å². The maximum Gasteiger partial charge on any atom is 0.0707 e. The molecule has 2 fully saturated rings. The fraction of sp³-hybridized carbons (Fsp3) is 0.707. The Kier molecular flexibility index (Phi) is 13.4. The fourth-order valence-electron chi connectivity index (χ4n) is 6.73. The SMILES string of the molecule is CC(C)(C)OCCCN1CCN(c2ccc(C(C)(C)C(C)(C)c3ccc(N4CCN(CCOCCOC(C)(C)C)CC4)cc3)cc2)CC1. The van der Waals surface area contributed by atoms with Crippen molar-refractivity contribution in [3.8, 4) is 0 Å². The molecule has 0 aliphatic carbocycles. The Labute approximate surface area is 293 Å². The molecule has 4 rings (SSSR count). The predicted molar refractivity (Wildman–Crippen MR) is 203 cm³/mol. The van der Waals surface area contributed by atoms with Crippen LogP contribution >= 0.6 is 0 Å². The lowest BCUT2D eigenvalue weighted by atomic mass is 9.61. The van der Waals surface area contributed by atoms with Crippen molar-refractivity contribution in [3.63, 3.8) is 0 Å². The minimum Gasteiger partial charge on any atom is -0.378 e. The van der Waals surface area contributed by atoms with Gasteiger partial charge in [-0.15, -0.1) is 0 Å². The first kappa shape index (κ1) is 38.6. The molecule has 0 unspecified atom stereocenters. The van der Waals surface area contributed by atoms with E-state index in [2.05, 4.69) is 137 Å². The van der Waals surface area contributed by atoms with E-state index in [0.29, 0.717) is 13.2 Å². The summed E-state index contributed by atoms with van der Waals surface area (Å²) in [4.78, 5) is 10.2. The lowest BCUT2D eigenvalue weighted by Gasteiger charge is -2.43. The van der Waals surface area contributed by atoms with Gasteiger partial charge in [0.1, 0.15) is 0 Å². The number of nitrogens with zero attached hydrogens (tertiary/aromatic N) is 4. The van der Waals surface area contributed by atoms with Crippen molar-refractivity contribution in [2.24, 2.45) is 0 Å². The van der Waals surface area contributed by atoms with Gasteiger partial charge < -0.3 is 24.0 Å². The summed E-state index contributed by atoms with van der Waals surface area (Å²) < 4.78 is 17.5. The minimum absolute atomic E-state index is 0.0343. The zero-order valence-corrected chi connectivity index (χ0v) is 32.2. The molecule has 0 saturated carbocycles. The van der Waals surface area contributed by atoms with E-state index >= 15 is 0 Å². The van der Waals surface area contributed by atoms with Crippen molar-refractivity contribution in [3.05, 3.63) is 59.7 Å². The molecule has 0 spiro atoms. The zero-order chi connectivity index (χ0) is 35.0. The Morgan fingerprint density at radius 1 is 0.458 bits per heavy atom. The normalized spacial score (nSPS) is 17.7. The van der Waals surface area contributed by atoms with Crippen LogP contribution in [0.25, 0.3) is 0 Å². The molecule has 7 nitrogen and oxygen atoms in total. The smallest absolute Gasteiger partial charge is 0.0707 e. The third-order valence-electron chi connectivity index (χ3n) is 10.7. The fourth-order valence-corrected chi connectivity index (χ4v) is 6.73. The van der Waals surface area contributed by atoms with Gasteiger partial charge in [0.25, 0.3) is 0 Å². The van der Waals surface area contributed by atoms with Gasteiger partial charge in [0.2, 0.25) is 0 Å². The van der Waals surface area contributed by atoms with Crippen molar-refractivity contribution >= 4 is 11.4 Å². The van der Waals surface area contributed by atoms with Crippen molar-refractivity contribution in [2.45, 2.75) is 97.7 Å². The molecule has 0 aromatic heterocycles. The van der Waals surface area contributed by atoms with Gasteiger partial charge in [-0.1, -0.05) is 52.0 Å². The topological polar surface area (TPSA) is 40.7 Å². The molecule has 2 aromatic carbocycles. The third-order valence-corrected chi connectivity index (χ3v) is 10.7. The predicted octanol–water partition coefficient (Wildman–Crippen LogP) is 7.22. The van der Waals surface area contributed by atoms with Crippen molar-refractivity contribution in [1.82, 2.24) is 9.80 Å². The van der Waals surface area contributed by atoms with Gasteiger partial charge in [0.05, 0.1) is 31.0 Å². The number of ether oxygens (including phenoxy) is 3. The number of benzene rings is 2. The molecule has 2 aromatic rings. The maximum absolute atomic E-state index is 5.91. The van der Waals surface area contributed by atoms with Crippen LogP contribution in [0.2, 0.25) is 0 Å². The van der Waals surface area contributed by atoms with Gasteiger partial charge in [-0.25, -0.2) is 0 Å². The van der Waals surface area contributed by atoms with E-state index in [1.165, 1.54) is 22.5 Å². The summed E-state index contributed by atoms with van der Waals surface area (Å²) in [6.07, 6.45) is 1.10. The quantitative estimate of drug-likeness (QED) is 0.186. The second-order valence-corrected chi connectivity index (χ2v) is 16.9. The third kappa shape index (κ3) is 11.2. The van der Waals surface area contributed by atoms with E-state index in [1.54, 1.807) is 0 Å². The number of piperazine rings is 2. The number of anilines is 2. The number of rotatable bonds is 15. The molecule has 0 atom stereocenters. The highest BCUT2D eigenvalue weighted by Gasteiger charge is 2.40. The Bertz CT molecular complexity index is 1210. The second-order valence-electron chi connectivity index (χ2n) is 16.9. The van der Waals surface area contributed by atoms with Crippen molar-refractivity contribution < 1.29 is 14.2 Å². The van der Waals surface area contributed by atoms with Crippen LogP contribution in [-0.2, 0) is 25.0 Å². The van der Waals surface area contributed by atoms with Gasteiger partial charge >= 0.3 is 0 Å². The van der Waals surface area contributed by atoms with Crippen LogP contribution < -0.4 is 9.80 Å². The van der Waals surface area contributed by atoms with Gasteiger partial charge in [-0.05, 0) is 94.2 Å². The molecule has 2 aliphatic rings. The standard InChI is InChI=1S/C41H68N4O3/c1-38(2,3)47-30-11-20-42-21-25-44(26-22-42)36-16-12-34(13-17-36)40(7,8)41(9,10)35-14-18-37(19-15-35)45-27-23-43(24-28-45)29-31-46-32-33-48-39(4,5)6/h12-19H,11,20-33H2,1-10H3. The summed E-state index contributed by atoms with van der Waals surface area (Å²) in [6.45, 7) is 35.9. The number of hydrogen-bond acceptors (Lipinski definition) is 7. The molecule has 0 radical (unpaired) electrons. The van der Waals surface area contributed by atoms with Crippen molar-refractivity contribution in [2.75, 3.05) is 102 Å². The Morgan fingerprint density at radius 2 is 0.854 bits per heavy atom. The monoisotopic (exact) mass is 665 g/mol. The zero-order valence-electron chi connectivity index (χ0n) is 32.2. The van der Waals surface area contributed by atoms with Crippen LogP contribution in [0, 0.1) is 0 Å². The van der Waals surface area contributed by atoms with E-state index in [4.69, 9.17) is 14.2 Å². The van der Waals surface area contributed by atoms with E-state index in [-0.39, 0.29) is 22.0 Å².